The van der Waals surface area contributed by atoms with Crippen LogP contribution in [-0.4, -0.2) is 5.91 Å². The summed E-state index contributed by atoms with van der Waals surface area (Å²) >= 11 is 5.61. The fraction of sp³-hybridized carbons (Fsp3) is 0.182. The van der Waals surface area contributed by atoms with Gasteiger partial charge in [-0.1, -0.05) is 75.4 Å². The van der Waals surface area contributed by atoms with Crippen LogP contribution in [0.1, 0.15) is 29.9 Å². The third kappa shape index (κ3) is 3.10. The van der Waals surface area contributed by atoms with Gasteiger partial charge in [0.05, 0.1) is 16.1 Å². The molecule has 0 N–H and O–H groups in total. The molecule has 1 aromatic heterocycles. The van der Waals surface area contributed by atoms with Crippen LogP contribution in [0.15, 0.2) is 54.6 Å². The van der Waals surface area contributed by atoms with Gasteiger partial charge in [-0.15, -0.1) is 0 Å². The van der Waals surface area contributed by atoms with Crippen molar-refractivity contribution in [3.63, 3.8) is 0 Å². The van der Waals surface area contributed by atoms with Gasteiger partial charge in [0, 0.05) is 17.2 Å². The molecular weight excluding hydrogens is 390 g/mol. The van der Waals surface area contributed by atoms with E-state index in [1.165, 1.54) is 0 Å². The summed E-state index contributed by atoms with van der Waals surface area (Å²) in [6, 6.07) is 16.2. The second-order valence-electron chi connectivity index (χ2n) is 7.16. The number of amides is 1. The molecule has 0 unspecified atom stereocenters. The minimum atomic E-state index is -0.452. The topological polar surface area (TPSA) is 20.3 Å². The fourth-order valence-corrected chi connectivity index (χ4v) is 6.82. The van der Waals surface area contributed by atoms with Crippen LogP contribution in [0.5, 0.6) is 0 Å². The molecule has 1 amide bonds. The van der Waals surface area contributed by atoms with Crippen LogP contribution in [-0.2, 0) is 10.3 Å². The molecule has 2 nitrogen and oxygen atoms in total. The Morgan fingerprint density at radius 2 is 1.85 bits per heavy atom. The Balaban J connectivity index is 1.85. The van der Waals surface area contributed by atoms with Gasteiger partial charge in [-0.2, -0.15) is 0 Å². The maximum atomic E-state index is 13.3. The number of anilines is 1. The summed E-state index contributed by atoms with van der Waals surface area (Å²) in [4.78, 5) is 16.4. The molecule has 0 spiro atoms. The Morgan fingerprint density at radius 1 is 1.11 bits per heavy atom. The predicted octanol–water partition coefficient (Wildman–Crippen LogP) is 6.81. The van der Waals surface area contributed by atoms with Crippen molar-refractivity contribution in [1.82, 2.24) is 0 Å². The number of hydrogen-bond acceptors (Lipinski definition) is 4. The minimum absolute atomic E-state index is 0.0225. The van der Waals surface area contributed by atoms with Crippen molar-refractivity contribution < 1.29 is 4.79 Å². The van der Waals surface area contributed by atoms with E-state index in [4.69, 9.17) is 12.2 Å². The van der Waals surface area contributed by atoms with E-state index in [1.54, 1.807) is 26.8 Å². The Bertz CT molecular complexity index is 1110. The first kappa shape index (κ1) is 18.3. The zero-order valence-corrected chi connectivity index (χ0v) is 17.8. The SMILES string of the molecule is Cc1ccc2c(c1)N(C(=O)/C=C\c1ccccc1)C(C)(C)c1ssc(=S)c1-2. The molecule has 1 aliphatic heterocycles. The third-order valence-electron chi connectivity index (χ3n) is 4.85. The van der Waals surface area contributed by atoms with E-state index < -0.39 is 5.54 Å². The molecule has 0 atom stereocenters. The fourth-order valence-electron chi connectivity index (χ4n) is 3.54. The molecule has 0 aliphatic carbocycles. The van der Waals surface area contributed by atoms with Crippen LogP contribution >= 0.6 is 32.9 Å². The van der Waals surface area contributed by atoms with Crippen LogP contribution in [0.2, 0.25) is 0 Å². The monoisotopic (exact) mass is 409 g/mol. The minimum Gasteiger partial charge on any atom is -0.298 e. The number of hydrogen-bond donors (Lipinski definition) is 0. The van der Waals surface area contributed by atoms with Crippen LogP contribution in [0.3, 0.4) is 0 Å². The van der Waals surface area contributed by atoms with Gasteiger partial charge in [0.1, 0.15) is 3.82 Å². The van der Waals surface area contributed by atoms with Gasteiger partial charge in [0.2, 0.25) is 0 Å². The van der Waals surface area contributed by atoms with E-state index in [0.29, 0.717) is 0 Å². The molecule has 5 heteroatoms. The normalized spacial score (nSPS) is 14.9. The van der Waals surface area contributed by atoms with Gasteiger partial charge in [0.15, 0.2) is 0 Å². The van der Waals surface area contributed by atoms with Gasteiger partial charge in [-0.05, 0) is 44.0 Å². The zero-order chi connectivity index (χ0) is 19.2. The molecular formula is C22H19NOS3. The van der Waals surface area contributed by atoms with Crippen molar-refractivity contribution in [3.05, 3.63) is 74.4 Å². The summed E-state index contributed by atoms with van der Waals surface area (Å²) < 4.78 is 0.903. The largest absolute Gasteiger partial charge is 0.298 e. The number of aryl methyl sites for hydroxylation is 1. The molecule has 0 bridgehead atoms. The van der Waals surface area contributed by atoms with Crippen molar-refractivity contribution in [2.75, 3.05) is 4.90 Å². The number of carbonyl (C=O) groups excluding carboxylic acids is 1. The van der Waals surface area contributed by atoms with E-state index in [1.807, 2.05) is 41.3 Å². The van der Waals surface area contributed by atoms with Gasteiger partial charge < -0.3 is 0 Å². The van der Waals surface area contributed by atoms with E-state index in [0.717, 1.165) is 36.6 Å². The summed E-state index contributed by atoms with van der Waals surface area (Å²) in [5.41, 5.74) is 4.80. The summed E-state index contributed by atoms with van der Waals surface area (Å²) in [6.45, 7) is 6.25. The number of benzene rings is 2. The average Bonchev–Trinajstić information content (AvgIpc) is 3.03. The van der Waals surface area contributed by atoms with Crippen LogP contribution in [0, 0.1) is 10.7 Å². The summed E-state index contributed by atoms with van der Waals surface area (Å²) in [6.07, 6.45) is 3.54. The highest BCUT2D eigenvalue weighted by Gasteiger charge is 2.42. The quantitative estimate of drug-likeness (QED) is 0.263. The Morgan fingerprint density at radius 3 is 2.59 bits per heavy atom. The zero-order valence-electron chi connectivity index (χ0n) is 15.4. The maximum absolute atomic E-state index is 13.3. The maximum Gasteiger partial charge on any atom is 0.251 e. The Labute approximate surface area is 171 Å². The number of carbonyl (C=O) groups is 1. The number of fused-ring (bicyclic) bond motifs is 3. The lowest BCUT2D eigenvalue weighted by Crippen LogP contribution is -2.47. The van der Waals surface area contributed by atoms with Crippen molar-refractivity contribution in [2.45, 2.75) is 26.3 Å². The third-order valence-corrected chi connectivity index (χ3v) is 8.18. The van der Waals surface area contributed by atoms with Crippen molar-refractivity contribution in [2.24, 2.45) is 0 Å². The highest BCUT2D eigenvalue weighted by atomic mass is 32.9. The summed E-state index contributed by atoms with van der Waals surface area (Å²) in [7, 11) is 3.30. The molecule has 0 fully saturated rings. The molecule has 2 aromatic carbocycles. The average molecular weight is 410 g/mol. The predicted molar refractivity (Wildman–Crippen MR) is 119 cm³/mol. The number of rotatable bonds is 2. The molecule has 0 saturated carbocycles. The molecule has 4 rings (SSSR count). The first-order chi connectivity index (χ1) is 12.9. The van der Waals surface area contributed by atoms with Crippen molar-refractivity contribution in [1.29, 1.82) is 0 Å². The Hall–Kier alpha value is -2.08. The molecule has 3 aromatic rings. The number of nitrogens with zero attached hydrogens (tertiary/aromatic N) is 1. The second kappa shape index (κ2) is 6.82. The highest BCUT2D eigenvalue weighted by molar-refractivity contribution is 7.80. The van der Waals surface area contributed by atoms with Crippen LogP contribution in [0.4, 0.5) is 5.69 Å². The molecule has 0 radical (unpaired) electrons. The standard InChI is InChI=1S/C22H19NOS3/c1-14-9-11-16-17(13-14)23(18(24)12-10-15-7-5-4-6-8-15)22(2,3)20-19(16)21(25)27-26-20/h4-13H,1-3H3/b12-10-. The van der Waals surface area contributed by atoms with E-state index >= 15 is 0 Å². The smallest absolute Gasteiger partial charge is 0.251 e. The summed E-state index contributed by atoms with van der Waals surface area (Å²) in [5.74, 6) is -0.0225. The van der Waals surface area contributed by atoms with E-state index in [-0.39, 0.29) is 5.91 Å². The van der Waals surface area contributed by atoms with Gasteiger partial charge in [-0.25, -0.2) is 0 Å². The first-order valence-electron chi connectivity index (χ1n) is 8.71. The van der Waals surface area contributed by atoms with Crippen LogP contribution < -0.4 is 4.90 Å². The highest BCUT2D eigenvalue weighted by Crippen LogP contribution is 2.52. The van der Waals surface area contributed by atoms with E-state index in [9.17, 15) is 4.79 Å². The van der Waals surface area contributed by atoms with Gasteiger partial charge in [0.25, 0.3) is 5.91 Å². The van der Waals surface area contributed by atoms with Crippen molar-refractivity contribution >= 4 is 50.6 Å². The Kier molecular flexibility index (Phi) is 4.62. The first-order valence-corrected chi connectivity index (χ1v) is 11.3. The molecule has 27 heavy (non-hydrogen) atoms. The second-order valence-corrected chi connectivity index (χ2v) is 9.97. The lowest BCUT2D eigenvalue weighted by Gasteiger charge is -2.42. The van der Waals surface area contributed by atoms with E-state index in [2.05, 4.69) is 39.0 Å². The molecule has 136 valence electrons. The summed E-state index contributed by atoms with van der Waals surface area (Å²) in [5, 5.41) is 0. The van der Waals surface area contributed by atoms with Gasteiger partial charge in [-0.3, -0.25) is 9.69 Å². The van der Waals surface area contributed by atoms with Crippen LogP contribution in [0.25, 0.3) is 17.2 Å². The lowest BCUT2D eigenvalue weighted by atomic mass is 9.87. The molecule has 0 saturated heterocycles. The van der Waals surface area contributed by atoms with Crippen molar-refractivity contribution in [3.8, 4) is 11.1 Å². The molecule has 1 aliphatic rings. The lowest BCUT2D eigenvalue weighted by molar-refractivity contribution is -0.115. The van der Waals surface area contributed by atoms with Gasteiger partial charge >= 0.3 is 0 Å². The molecule has 2 heterocycles.